The van der Waals surface area contributed by atoms with Crippen molar-refractivity contribution in [1.29, 1.82) is 0 Å². The standard InChI is InChI=1S/C70H114O6/c1-4-7-10-13-16-19-22-24-26-28-30-32-34-35-37-38-40-42-44-46-48-51-54-57-60-63-69(72)75-66-67(65-74-68(71)62-59-56-53-50-21-18-15-12-9-6-3)76-70(73)64-61-58-55-52-49-47-45-43-41-39-36-33-31-29-27-25-23-20-17-14-11-8-5-2/h7-8,10-11,16-17,19-20,24-27,30-33,35,37,39-42,67H,4-6,9,12-15,18,21-23,28-29,34,36,38,43-66H2,1-3H3/b10-7-,11-8-,19-16-,20-17-,26-24-,27-25-,32-30-,33-31-,37-35-,41-39-,42-40-. The second kappa shape index (κ2) is 63.1. The Balaban J connectivity index is 4.36. The van der Waals surface area contributed by atoms with Crippen LogP contribution in [0.15, 0.2) is 134 Å². The van der Waals surface area contributed by atoms with Crippen molar-refractivity contribution in [2.24, 2.45) is 0 Å². The van der Waals surface area contributed by atoms with Crippen molar-refractivity contribution in [3.05, 3.63) is 134 Å². The molecule has 0 heterocycles. The summed E-state index contributed by atoms with van der Waals surface area (Å²) >= 11 is 0. The number of ether oxygens (including phenoxy) is 3. The van der Waals surface area contributed by atoms with Crippen molar-refractivity contribution >= 4 is 17.9 Å². The van der Waals surface area contributed by atoms with Crippen molar-refractivity contribution in [3.63, 3.8) is 0 Å². The molecule has 0 aliphatic heterocycles. The highest BCUT2D eigenvalue weighted by Crippen LogP contribution is 2.15. The third-order valence-corrected chi connectivity index (χ3v) is 12.9. The summed E-state index contributed by atoms with van der Waals surface area (Å²) in [5.74, 6) is -0.917. The molecule has 0 saturated carbocycles. The molecule has 0 radical (unpaired) electrons. The first kappa shape index (κ1) is 71.5. The number of hydrogen-bond acceptors (Lipinski definition) is 6. The van der Waals surface area contributed by atoms with Crippen LogP contribution in [0, 0.1) is 0 Å². The zero-order valence-electron chi connectivity index (χ0n) is 49.2. The number of carbonyl (C=O) groups excluding carboxylic acids is 3. The van der Waals surface area contributed by atoms with Gasteiger partial charge >= 0.3 is 17.9 Å². The quantitative estimate of drug-likeness (QED) is 0.0261. The molecule has 0 saturated heterocycles. The van der Waals surface area contributed by atoms with Gasteiger partial charge in [-0.1, -0.05) is 270 Å². The Kier molecular flexibility index (Phi) is 59.4. The van der Waals surface area contributed by atoms with Crippen LogP contribution >= 0.6 is 0 Å². The number of hydrogen-bond donors (Lipinski definition) is 0. The minimum Gasteiger partial charge on any atom is -0.462 e. The largest absolute Gasteiger partial charge is 0.462 e. The van der Waals surface area contributed by atoms with Crippen LogP contribution in [0.1, 0.15) is 271 Å². The Labute approximate surface area is 468 Å². The van der Waals surface area contributed by atoms with Gasteiger partial charge in [-0.25, -0.2) is 0 Å². The van der Waals surface area contributed by atoms with E-state index in [0.29, 0.717) is 19.3 Å². The zero-order chi connectivity index (χ0) is 55.0. The number of allylic oxidation sites excluding steroid dienone is 22. The summed E-state index contributed by atoms with van der Waals surface area (Å²) in [7, 11) is 0. The number of unbranched alkanes of at least 4 members (excludes halogenated alkanes) is 22. The predicted molar refractivity (Wildman–Crippen MR) is 329 cm³/mol. The van der Waals surface area contributed by atoms with E-state index in [1.165, 1.54) is 83.5 Å². The molecule has 0 aliphatic rings. The minimum absolute atomic E-state index is 0.0895. The molecule has 1 unspecified atom stereocenters. The first-order valence-corrected chi connectivity index (χ1v) is 31.2. The Hall–Kier alpha value is -4.45. The minimum atomic E-state index is -0.794. The van der Waals surface area contributed by atoms with Crippen molar-refractivity contribution in [2.75, 3.05) is 13.2 Å². The van der Waals surface area contributed by atoms with Crippen LogP contribution < -0.4 is 0 Å². The number of rotatable bonds is 55. The fraction of sp³-hybridized carbons (Fsp3) is 0.643. The monoisotopic (exact) mass is 1050 g/mol. The average Bonchev–Trinajstić information content (AvgIpc) is 3.42. The van der Waals surface area contributed by atoms with Gasteiger partial charge in [0.15, 0.2) is 6.10 Å². The summed E-state index contributed by atoms with van der Waals surface area (Å²) in [4.78, 5) is 38.2. The highest BCUT2D eigenvalue weighted by Gasteiger charge is 2.19. The van der Waals surface area contributed by atoms with Gasteiger partial charge in [0.2, 0.25) is 0 Å². The third kappa shape index (κ3) is 60.4. The van der Waals surface area contributed by atoms with Gasteiger partial charge in [-0.05, 0) is 116 Å². The van der Waals surface area contributed by atoms with E-state index in [1.807, 2.05) is 0 Å². The first-order valence-electron chi connectivity index (χ1n) is 31.2. The molecular weight excluding hydrogens is 937 g/mol. The lowest BCUT2D eigenvalue weighted by Crippen LogP contribution is -2.30. The molecule has 76 heavy (non-hydrogen) atoms. The summed E-state index contributed by atoms with van der Waals surface area (Å²) in [5.41, 5.74) is 0. The maximum atomic E-state index is 12.9. The lowest BCUT2D eigenvalue weighted by Gasteiger charge is -2.18. The van der Waals surface area contributed by atoms with Crippen molar-refractivity contribution in [1.82, 2.24) is 0 Å². The van der Waals surface area contributed by atoms with E-state index in [0.717, 1.165) is 148 Å². The fourth-order valence-electron chi connectivity index (χ4n) is 8.30. The highest BCUT2D eigenvalue weighted by atomic mass is 16.6. The zero-order valence-corrected chi connectivity index (χ0v) is 49.2. The van der Waals surface area contributed by atoms with Crippen LogP contribution in [0.5, 0.6) is 0 Å². The number of carbonyl (C=O) groups is 3. The van der Waals surface area contributed by atoms with Crippen LogP contribution in [-0.4, -0.2) is 37.2 Å². The lowest BCUT2D eigenvalue weighted by molar-refractivity contribution is -0.167. The van der Waals surface area contributed by atoms with Crippen LogP contribution in [0.2, 0.25) is 0 Å². The van der Waals surface area contributed by atoms with E-state index in [2.05, 4.69) is 154 Å². The van der Waals surface area contributed by atoms with Crippen LogP contribution in [0.3, 0.4) is 0 Å². The molecule has 0 aromatic heterocycles. The maximum Gasteiger partial charge on any atom is 0.306 e. The van der Waals surface area contributed by atoms with E-state index in [-0.39, 0.29) is 31.1 Å². The lowest BCUT2D eigenvalue weighted by atomic mass is 10.1. The summed E-state index contributed by atoms with van der Waals surface area (Å²) in [6.45, 7) is 6.38. The molecule has 0 fully saturated rings. The van der Waals surface area contributed by atoms with E-state index >= 15 is 0 Å². The second-order valence-electron chi connectivity index (χ2n) is 20.2. The normalized spacial score (nSPS) is 13.0. The Morgan fingerprint density at radius 3 is 0.803 bits per heavy atom. The predicted octanol–water partition coefficient (Wildman–Crippen LogP) is 21.4. The SMILES string of the molecule is CC/C=C\C/C=C\C/C=C\C/C=C\C/C=C\C/C=C\CCCCCCCCC(=O)OCC(COC(=O)CCCCCCCCCCCC)OC(=O)CCCCCCCCC/C=C\C/C=C\C/C=C\C/C=C\C/C=C\CC. The van der Waals surface area contributed by atoms with E-state index < -0.39 is 6.10 Å². The maximum absolute atomic E-state index is 12.9. The molecule has 1 atom stereocenters. The topological polar surface area (TPSA) is 78.9 Å². The van der Waals surface area contributed by atoms with Crippen LogP contribution in [-0.2, 0) is 28.6 Å². The Bertz CT molecular complexity index is 1630. The molecule has 0 N–H and O–H groups in total. The molecular formula is C70H114O6. The summed E-state index contributed by atoms with van der Waals surface area (Å²) in [6, 6.07) is 0. The molecule has 6 heteroatoms. The van der Waals surface area contributed by atoms with Gasteiger partial charge in [0, 0.05) is 19.3 Å². The summed E-state index contributed by atoms with van der Waals surface area (Å²) in [6.07, 6.45) is 88.8. The molecule has 0 bridgehead atoms. The molecule has 0 rings (SSSR count). The molecule has 0 aliphatic carbocycles. The molecule has 0 amide bonds. The smallest absolute Gasteiger partial charge is 0.306 e. The highest BCUT2D eigenvalue weighted by molar-refractivity contribution is 5.71. The molecule has 0 spiro atoms. The van der Waals surface area contributed by atoms with Gasteiger partial charge in [0.1, 0.15) is 13.2 Å². The van der Waals surface area contributed by atoms with Gasteiger partial charge in [0.25, 0.3) is 0 Å². The average molecular weight is 1050 g/mol. The van der Waals surface area contributed by atoms with Crippen molar-refractivity contribution < 1.29 is 28.6 Å². The second-order valence-corrected chi connectivity index (χ2v) is 20.2. The van der Waals surface area contributed by atoms with Crippen molar-refractivity contribution in [2.45, 2.75) is 277 Å². The number of esters is 3. The van der Waals surface area contributed by atoms with E-state index in [4.69, 9.17) is 14.2 Å². The summed E-state index contributed by atoms with van der Waals surface area (Å²) in [5, 5.41) is 0. The van der Waals surface area contributed by atoms with Crippen LogP contribution in [0.4, 0.5) is 0 Å². The summed E-state index contributed by atoms with van der Waals surface area (Å²) < 4.78 is 16.9. The van der Waals surface area contributed by atoms with Gasteiger partial charge < -0.3 is 14.2 Å². The Morgan fingerprint density at radius 1 is 0.276 bits per heavy atom. The fourth-order valence-corrected chi connectivity index (χ4v) is 8.30. The van der Waals surface area contributed by atoms with Gasteiger partial charge in [-0.3, -0.25) is 14.4 Å². The van der Waals surface area contributed by atoms with Crippen LogP contribution in [0.25, 0.3) is 0 Å². The van der Waals surface area contributed by atoms with Gasteiger partial charge in [-0.2, -0.15) is 0 Å². The third-order valence-electron chi connectivity index (χ3n) is 12.9. The first-order chi connectivity index (χ1) is 37.5. The van der Waals surface area contributed by atoms with Gasteiger partial charge in [-0.15, -0.1) is 0 Å². The Morgan fingerprint density at radius 2 is 0.513 bits per heavy atom. The molecule has 0 aromatic rings. The van der Waals surface area contributed by atoms with Crippen molar-refractivity contribution in [3.8, 4) is 0 Å². The van der Waals surface area contributed by atoms with Gasteiger partial charge in [0.05, 0.1) is 0 Å². The van der Waals surface area contributed by atoms with E-state index in [1.54, 1.807) is 0 Å². The molecule has 0 aromatic carbocycles. The molecule has 6 nitrogen and oxygen atoms in total. The van der Waals surface area contributed by atoms with E-state index in [9.17, 15) is 14.4 Å². The molecule has 430 valence electrons.